The summed E-state index contributed by atoms with van der Waals surface area (Å²) in [6, 6.07) is 0. The molecule has 0 amide bonds. The molecular formula is C11H18N4O2. The van der Waals surface area contributed by atoms with Gasteiger partial charge in [-0.1, -0.05) is 0 Å². The number of hydrogen-bond acceptors (Lipinski definition) is 6. The molecule has 1 aliphatic heterocycles. The number of ether oxygens (including phenoxy) is 2. The molecule has 17 heavy (non-hydrogen) atoms. The van der Waals surface area contributed by atoms with Crippen molar-refractivity contribution in [2.45, 2.75) is 13.0 Å². The van der Waals surface area contributed by atoms with Crippen LogP contribution in [0.3, 0.4) is 0 Å². The van der Waals surface area contributed by atoms with Crippen molar-refractivity contribution < 1.29 is 9.47 Å². The van der Waals surface area contributed by atoms with Gasteiger partial charge in [0.2, 0.25) is 5.95 Å². The van der Waals surface area contributed by atoms with E-state index in [4.69, 9.17) is 9.47 Å². The molecule has 1 aromatic heterocycles. The van der Waals surface area contributed by atoms with Crippen LogP contribution < -0.4 is 10.6 Å². The highest BCUT2D eigenvalue weighted by atomic mass is 16.6. The van der Waals surface area contributed by atoms with Crippen molar-refractivity contribution in [3.05, 3.63) is 11.8 Å². The van der Waals surface area contributed by atoms with Gasteiger partial charge in [-0.15, -0.1) is 0 Å². The van der Waals surface area contributed by atoms with Gasteiger partial charge in [0.25, 0.3) is 0 Å². The van der Waals surface area contributed by atoms with Crippen LogP contribution >= 0.6 is 0 Å². The third-order valence-electron chi connectivity index (χ3n) is 2.58. The van der Waals surface area contributed by atoms with Gasteiger partial charge in [-0.05, 0) is 6.92 Å². The van der Waals surface area contributed by atoms with Crippen LogP contribution in [0.5, 0.6) is 0 Å². The van der Waals surface area contributed by atoms with Gasteiger partial charge < -0.3 is 20.1 Å². The smallest absolute Gasteiger partial charge is 0.224 e. The third kappa shape index (κ3) is 3.28. The number of aryl methyl sites for hydroxylation is 1. The third-order valence-corrected chi connectivity index (χ3v) is 2.58. The van der Waals surface area contributed by atoms with E-state index < -0.39 is 0 Å². The Morgan fingerprint density at radius 1 is 1.47 bits per heavy atom. The second-order valence-corrected chi connectivity index (χ2v) is 3.92. The Labute approximate surface area is 101 Å². The Balaban J connectivity index is 1.92. The van der Waals surface area contributed by atoms with E-state index in [1.54, 1.807) is 13.2 Å². The summed E-state index contributed by atoms with van der Waals surface area (Å²) in [5.41, 5.74) is 1.01. The fraction of sp³-hybridized carbons (Fsp3) is 0.636. The normalized spacial score (nSPS) is 20.0. The second-order valence-electron chi connectivity index (χ2n) is 3.92. The number of nitrogens with one attached hydrogen (secondary N) is 2. The Hall–Kier alpha value is -1.40. The second kappa shape index (κ2) is 5.79. The van der Waals surface area contributed by atoms with E-state index in [0.29, 0.717) is 32.3 Å². The maximum absolute atomic E-state index is 5.55. The zero-order valence-electron chi connectivity index (χ0n) is 10.2. The summed E-state index contributed by atoms with van der Waals surface area (Å²) in [5.74, 6) is 1.44. The minimum absolute atomic E-state index is 0.0937. The summed E-state index contributed by atoms with van der Waals surface area (Å²) in [7, 11) is 1.80. The molecule has 1 saturated heterocycles. The van der Waals surface area contributed by atoms with Crippen LogP contribution in [0.2, 0.25) is 0 Å². The average Bonchev–Trinajstić information content (AvgIpc) is 2.39. The highest BCUT2D eigenvalue weighted by Gasteiger charge is 2.14. The van der Waals surface area contributed by atoms with E-state index in [2.05, 4.69) is 20.6 Å². The van der Waals surface area contributed by atoms with Crippen LogP contribution in [-0.2, 0) is 9.47 Å². The summed E-state index contributed by atoms with van der Waals surface area (Å²) in [5, 5.41) is 6.18. The zero-order chi connectivity index (χ0) is 12.1. The minimum Gasteiger partial charge on any atom is -0.376 e. The lowest BCUT2D eigenvalue weighted by molar-refractivity contribution is -0.0819. The molecule has 2 rings (SSSR count). The molecule has 6 heteroatoms. The first-order chi connectivity index (χ1) is 8.29. The molecule has 1 aromatic rings. The molecule has 1 aliphatic rings. The molecule has 1 fully saturated rings. The van der Waals surface area contributed by atoms with Crippen molar-refractivity contribution in [2.24, 2.45) is 0 Å². The summed E-state index contributed by atoms with van der Waals surface area (Å²) in [4.78, 5) is 8.48. The van der Waals surface area contributed by atoms with Crippen molar-refractivity contribution in [1.29, 1.82) is 0 Å². The van der Waals surface area contributed by atoms with Crippen molar-refractivity contribution in [1.82, 2.24) is 9.97 Å². The van der Waals surface area contributed by atoms with E-state index >= 15 is 0 Å². The van der Waals surface area contributed by atoms with Gasteiger partial charge in [0.15, 0.2) is 0 Å². The predicted molar refractivity (Wildman–Crippen MR) is 65.4 cm³/mol. The summed E-state index contributed by atoms with van der Waals surface area (Å²) in [6.07, 6.45) is 1.88. The molecule has 0 bridgehead atoms. The number of aromatic nitrogens is 2. The predicted octanol–water partition coefficient (Wildman–Crippen LogP) is 0.654. The topological polar surface area (TPSA) is 68.3 Å². The first kappa shape index (κ1) is 12.1. The van der Waals surface area contributed by atoms with Gasteiger partial charge >= 0.3 is 0 Å². The first-order valence-electron chi connectivity index (χ1n) is 5.74. The number of hydrogen-bond donors (Lipinski definition) is 2. The molecule has 0 spiro atoms. The Morgan fingerprint density at radius 2 is 2.35 bits per heavy atom. The maximum Gasteiger partial charge on any atom is 0.224 e. The molecule has 0 radical (unpaired) electrons. The van der Waals surface area contributed by atoms with Gasteiger partial charge in [-0.2, -0.15) is 4.98 Å². The molecule has 2 heterocycles. The van der Waals surface area contributed by atoms with E-state index in [9.17, 15) is 0 Å². The van der Waals surface area contributed by atoms with Crippen molar-refractivity contribution in [3.63, 3.8) is 0 Å². The lowest BCUT2D eigenvalue weighted by Crippen LogP contribution is -2.34. The molecule has 6 nitrogen and oxygen atoms in total. The summed E-state index contributed by atoms with van der Waals surface area (Å²) in [6.45, 7) is 4.65. The quantitative estimate of drug-likeness (QED) is 0.803. The van der Waals surface area contributed by atoms with E-state index in [0.717, 1.165) is 11.4 Å². The van der Waals surface area contributed by atoms with Gasteiger partial charge in [0.1, 0.15) is 5.82 Å². The molecule has 1 unspecified atom stereocenters. The van der Waals surface area contributed by atoms with E-state index in [1.165, 1.54) is 0 Å². The Kier molecular flexibility index (Phi) is 4.11. The molecule has 1 atom stereocenters. The van der Waals surface area contributed by atoms with E-state index in [1.807, 2.05) is 6.92 Å². The van der Waals surface area contributed by atoms with Crippen molar-refractivity contribution >= 4 is 11.8 Å². The van der Waals surface area contributed by atoms with Crippen molar-refractivity contribution in [3.8, 4) is 0 Å². The Bertz CT molecular complexity index is 366. The van der Waals surface area contributed by atoms with Gasteiger partial charge in [-0.25, -0.2) is 4.98 Å². The lowest BCUT2D eigenvalue weighted by Gasteiger charge is -2.23. The number of nitrogens with zero attached hydrogens (tertiary/aromatic N) is 2. The average molecular weight is 238 g/mol. The SMILES string of the molecule is CNc1ncc(C)c(NCC2COCCO2)n1. The molecule has 0 aliphatic carbocycles. The van der Waals surface area contributed by atoms with Gasteiger partial charge in [0, 0.05) is 25.4 Å². The lowest BCUT2D eigenvalue weighted by atomic mass is 10.3. The van der Waals surface area contributed by atoms with Gasteiger partial charge in [0.05, 0.1) is 25.9 Å². The van der Waals surface area contributed by atoms with Crippen LogP contribution in [-0.4, -0.2) is 49.5 Å². The molecular weight excluding hydrogens is 220 g/mol. The number of anilines is 2. The van der Waals surface area contributed by atoms with Gasteiger partial charge in [-0.3, -0.25) is 0 Å². The van der Waals surface area contributed by atoms with Crippen molar-refractivity contribution in [2.75, 3.05) is 44.0 Å². The van der Waals surface area contributed by atoms with Crippen LogP contribution in [0.15, 0.2) is 6.20 Å². The number of rotatable bonds is 4. The van der Waals surface area contributed by atoms with Crippen LogP contribution in [0.25, 0.3) is 0 Å². The maximum atomic E-state index is 5.55. The molecule has 0 saturated carbocycles. The molecule has 94 valence electrons. The molecule has 2 N–H and O–H groups in total. The zero-order valence-corrected chi connectivity index (χ0v) is 10.2. The largest absolute Gasteiger partial charge is 0.376 e. The fourth-order valence-corrected chi connectivity index (χ4v) is 1.61. The minimum atomic E-state index is 0.0937. The van der Waals surface area contributed by atoms with E-state index in [-0.39, 0.29) is 6.10 Å². The molecule has 0 aromatic carbocycles. The Morgan fingerprint density at radius 3 is 3.06 bits per heavy atom. The highest BCUT2D eigenvalue weighted by molar-refractivity contribution is 5.46. The summed E-state index contributed by atoms with van der Waals surface area (Å²) < 4.78 is 10.9. The highest BCUT2D eigenvalue weighted by Crippen LogP contribution is 2.12. The standard InChI is InChI=1S/C11H18N4O2/c1-8-5-14-11(12-2)15-10(8)13-6-9-7-16-3-4-17-9/h5,9H,3-4,6-7H2,1-2H3,(H2,12,13,14,15). The first-order valence-corrected chi connectivity index (χ1v) is 5.74. The summed E-state index contributed by atoms with van der Waals surface area (Å²) >= 11 is 0. The fourth-order valence-electron chi connectivity index (χ4n) is 1.61. The van der Waals surface area contributed by atoms with Crippen LogP contribution in [0.1, 0.15) is 5.56 Å². The van der Waals surface area contributed by atoms with Crippen LogP contribution in [0.4, 0.5) is 11.8 Å². The monoisotopic (exact) mass is 238 g/mol. The van der Waals surface area contributed by atoms with Crippen LogP contribution in [0, 0.1) is 6.92 Å².